The van der Waals surface area contributed by atoms with Gasteiger partial charge in [-0.3, -0.25) is 9.59 Å². The first-order valence-corrected chi connectivity index (χ1v) is 6.23. The van der Waals surface area contributed by atoms with Gasteiger partial charge in [-0.2, -0.15) is 0 Å². The van der Waals surface area contributed by atoms with Crippen molar-refractivity contribution < 1.29 is 19.5 Å². The summed E-state index contributed by atoms with van der Waals surface area (Å²) >= 11 is 0. The molecule has 7 heteroatoms. The topological polar surface area (TPSA) is 136 Å². The Morgan fingerprint density at radius 3 is 2.38 bits per heavy atom. The highest BCUT2D eigenvalue weighted by molar-refractivity contribution is 5.94. The van der Waals surface area contributed by atoms with Crippen LogP contribution in [0.3, 0.4) is 0 Å². The molecule has 6 N–H and O–H groups in total. The number of hydrogen-bond donors (Lipinski definition) is 4. The van der Waals surface area contributed by atoms with Crippen molar-refractivity contribution >= 4 is 29.5 Å². The van der Waals surface area contributed by atoms with Crippen LogP contribution in [0, 0.1) is 0 Å². The SMILES string of the molecule is NC(=O)CCC(NC(=O)/C=C/c1ccc(N)cc1)C(=O)O. The van der Waals surface area contributed by atoms with Crippen molar-refractivity contribution in [3.63, 3.8) is 0 Å². The number of amides is 2. The van der Waals surface area contributed by atoms with Crippen molar-refractivity contribution in [3.8, 4) is 0 Å². The summed E-state index contributed by atoms with van der Waals surface area (Å²) in [6, 6.07) is 5.66. The van der Waals surface area contributed by atoms with Crippen LogP contribution in [0.25, 0.3) is 6.08 Å². The van der Waals surface area contributed by atoms with E-state index in [2.05, 4.69) is 5.32 Å². The zero-order valence-corrected chi connectivity index (χ0v) is 11.3. The average Bonchev–Trinajstić information content (AvgIpc) is 2.42. The van der Waals surface area contributed by atoms with E-state index in [1.54, 1.807) is 24.3 Å². The molecule has 0 aliphatic heterocycles. The zero-order valence-electron chi connectivity index (χ0n) is 11.3. The molecule has 0 heterocycles. The molecule has 0 saturated heterocycles. The number of carboxylic acids is 1. The summed E-state index contributed by atoms with van der Waals surface area (Å²) in [5.74, 6) is -2.40. The molecular formula is C14H17N3O4. The number of carboxylic acid groups (broad SMARTS) is 1. The summed E-state index contributed by atoms with van der Waals surface area (Å²) in [5, 5.41) is 11.2. The Morgan fingerprint density at radius 2 is 1.86 bits per heavy atom. The molecule has 1 rings (SSSR count). The van der Waals surface area contributed by atoms with Crippen LogP contribution < -0.4 is 16.8 Å². The van der Waals surface area contributed by atoms with Crippen molar-refractivity contribution in [3.05, 3.63) is 35.9 Å². The van der Waals surface area contributed by atoms with Crippen LogP contribution in [-0.4, -0.2) is 28.9 Å². The minimum atomic E-state index is -1.22. The molecule has 112 valence electrons. The Balaban J connectivity index is 2.59. The molecule has 1 aromatic carbocycles. The largest absolute Gasteiger partial charge is 0.480 e. The molecular weight excluding hydrogens is 274 g/mol. The maximum Gasteiger partial charge on any atom is 0.326 e. The van der Waals surface area contributed by atoms with Crippen LogP contribution in [0.4, 0.5) is 5.69 Å². The quantitative estimate of drug-likeness (QED) is 0.418. The van der Waals surface area contributed by atoms with E-state index < -0.39 is 23.8 Å². The molecule has 21 heavy (non-hydrogen) atoms. The van der Waals surface area contributed by atoms with Crippen molar-refractivity contribution in [2.24, 2.45) is 5.73 Å². The van der Waals surface area contributed by atoms with Gasteiger partial charge in [-0.25, -0.2) is 4.79 Å². The Bertz CT molecular complexity index is 552. The second-order valence-electron chi connectivity index (χ2n) is 4.40. The maximum atomic E-state index is 11.6. The Morgan fingerprint density at radius 1 is 1.24 bits per heavy atom. The molecule has 0 aliphatic carbocycles. The van der Waals surface area contributed by atoms with Gasteiger partial charge in [0.2, 0.25) is 11.8 Å². The van der Waals surface area contributed by atoms with E-state index in [0.717, 1.165) is 5.56 Å². The van der Waals surface area contributed by atoms with Crippen LogP contribution >= 0.6 is 0 Å². The molecule has 1 atom stereocenters. The van der Waals surface area contributed by atoms with Gasteiger partial charge in [0.15, 0.2) is 0 Å². The maximum absolute atomic E-state index is 11.6. The van der Waals surface area contributed by atoms with Gasteiger partial charge < -0.3 is 21.9 Å². The lowest BCUT2D eigenvalue weighted by atomic mass is 10.1. The average molecular weight is 291 g/mol. The van der Waals surface area contributed by atoms with E-state index in [4.69, 9.17) is 16.6 Å². The van der Waals surface area contributed by atoms with E-state index in [0.29, 0.717) is 5.69 Å². The second kappa shape index (κ2) is 7.68. The van der Waals surface area contributed by atoms with Gasteiger partial charge in [-0.1, -0.05) is 12.1 Å². The number of rotatable bonds is 7. The normalized spacial score (nSPS) is 12.0. The molecule has 0 aliphatic rings. The molecule has 0 aromatic heterocycles. The van der Waals surface area contributed by atoms with E-state index in [1.165, 1.54) is 12.2 Å². The summed E-state index contributed by atoms with van der Waals surface area (Å²) in [5.41, 5.74) is 11.8. The van der Waals surface area contributed by atoms with Crippen LogP contribution in [0.1, 0.15) is 18.4 Å². The minimum absolute atomic E-state index is 0.0495. The van der Waals surface area contributed by atoms with E-state index in [1.807, 2.05) is 0 Å². The number of aliphatic carboxylic acids is 1. The lowest BCUT2D eigenvalue weighted by molar-refractivity contribution is -0.141. The fraction of sp³-hybridized carbons (Fsp3) is 0.214. The van der Waals surface area contributed by atoms with E-state index in [9.17, 15) is 14.4 Å². The van der Waals surface area contributed by atoms with E-state index in [-0.39, 0.29) is 12.8 Å². The molecule has 1 unspecified atom stereocenters. The fourth-order valence-electron chi connectivity index (χ4n) is 1.54. The second-order valence-corrected chi connectivity index (χ2v) is 4.40. The smallest absolute Gasteiger partial charge is 0.326 e. The lowest BCUT2D eigenvalue weighted by Gasteiger charge is -2.11. The predicted octanol–water partition coefficient (Wildman–Crippen LogP) is 0.117. The van der Waals surface area contributed by atoms with Crippen molar-refractivity contribution in [2.45, 2.75) is 18.9 Å². The van der Waals surface area contributed by atoms with Gasteiger partial charge in [0.1, 0.15) is 6.04 Å². The Labute approximate surface area is 121 Å². The number of hydrogen-bond acceptors (Lipinski definition) is 4. The molecule has 0 saturated carbocycles. The third kappa shape index (κ3) is 6.24. The minimum Gasteiger partial charge on any atom is -0.480 e. The number of primary amides is 1. The third-order valence-electron chi connectivity index (χ3n) is 2.66. The summed E-state index contributed by atoms with van der Waals surface area (Å²) < 4.78 is 0. The highest BCUT2D eigenvalue weighted by Gasteiger charge is 2.19. The highest BCUT2D eigenvalue weighted by Crippen LogP contribution is 2.07. The number of carbonyl (C=O) groups excluding carboxylic acids is 2. The van der Waals surface area contributed by atoms with Gasteiger partial charge >= 0.3 is 5.97 Å². The highest BCUT2D eigenvalue weighted by atomic mass is 16.4. The first kappa shape index (κ1) is 16.2. The number of anilines is 1. The summed E-state index contributed by atoms with van der Waals surface area (Å²) in [6.07, 6.45) is 2.58. The van der Waals surface area contributed by atoms with Gasteiger partial charge in [0, 0.05) is 18.2 Å². The number of nitrogens with two attached hydrogens (primary N) is 2. The van der Waals surface area contributed by atoms with Crippen LogP contribution in [0.15, 0.2) is 30.3 Å². The standard InChI is InChI=1S/C14H17N3O4/c15-10-4-1-9(2-5-10)3-8-13(19)17-11(14(20)21)6-7-12(16)18/h1-5,8,11H,6-7,15H2,(H2,16,18)(H,17,19)(H,20,21)/b8-3+. The molecule has 7 nitrogen and oxygen atoms in total. The number of benzene rings is 1. The molecule has 0 bridgehead atoms. The van der Waals surface area contributed by atoms with Crippen LogP contribution in [0.2, 0.25) is 0 Å². The fourth-order valence-corrected chi connectivity index (χ4v) is 1.54. The monoisotopic (exact) mass is 291 g/mol. The first-order chi connectivity index (χ1) is 9.88. The number of nitrogen functional groups attached to an aromatic ring is 1. The Hall–Kier alpha value is -2.83. The molecule has 0 fully saturated rings. The first-order valence-electron chi connectivity index (χ1n) is 6.23. The molecule has 0 radical (unpaired) electrons. The number of nitrogens with one attached hydrogen (secondary N) is 1. The van der Waals surface area contributed by atoms with Crippen molar-refractivity contribution in [1.29, 1.82) is 0 Å². The van der Waals surface area contributed by atoms with Gasteiger partial charge in [0.05, 0.1) is 0 Å². The Kier molecular flexibility index (Phi) is 5.94. The van der Waals surface area contributed by atoms with Crippen molar-refractivity contribution in [1.82, 2.24) is 5.32 Å². The summed E-state index contributed by atoms with van der Waals surface area (Å²) in [6.45, 7) is 0. The van der Waals surface area contributed by atoms with E-state index >= 15 is 0 Å². The van der Waals surface area contributed by atoms with Gasteiger partial charge in [-0.15, -0.1) is 0 Å². The van der Waals surface area contributed by atoms with Gasteiger partial charge in [-0.05, 0) is 30.2 Å². The lowest BCUT2D eigenvalue weighted by Crippen LogP contribution is -2.40. The molecule has 1 aromatic rings. The molecule has 0 spiro atoms. The van der Waals surface area contributed by atoms with Crippen molar-refractivity contribution in [2.75, 3.05) is 5.73 Å². The third-order valence-corrected chi connectivity index (χ3v) is 2.66. The van der Waals surface area contributed by atoms with Crippen LogP contribution in [-0.2, 0) is 14.4 Å². The summed E-state index contributed by atoms with van der Waals surface area (Å²) in [7, 11) is 0. The summed E-state index contributed by atoms with van der Waals surface area (Å²) in [4.78, 5) is 33.2. The molecule has 2 amide bonds. The van der Waals surface area contributed by atoms with Gasteiger partial charge in [0.25, 0.3) is 0 Å². The number of carbonyl (C=O) groups is 3. The zero-order chi connectivity index (χ0) is 15.8. The predicted molar refractivity (Wildman–Crippen MR) is 77.9 cm³/mol. The van der Waals surface area contributed by atoms with Crippen LogP contribution in [0.5, 0.6) is 0 Å².